The molecule has 5 heteroatoms. The van der Waals surface area contributed by atoms with Crippen molar-refractivity contribution < 1.29 is 14.0 Å². The van der Waals surface area contributed by atoms with Gasteiger partial charge in [-0.15, -0.1) is 0 Å². The van der Waals surface area contributed by atoms with Crippen LogP contribution in [0.1, 0.15) is 33.6 Å². The lowest BCUT2D eigenvalue weighted by atomic mass is 10.0. The SMILES string of the molecule is O=C(NC1CCN(C(=O)c2cccc(F)c2)CC1)c1ccccc1. The average molecular weight is 326 g/mol. The predicted octanol–water partition coefficient (Wildman–Crippen LogP) is 2.86. The molecule has 0 spiro atoms. The van der Waals surface area contributed by atoms with Crippen LogP contribution >= 0.6 is 0 Å². The van der Waals surface area contributed by atoms with Gasteiger partial charge in [-0.1, -0.05) is 24.3 Å². The molecule has 1 aliphatic rings. The number of amides is 2. The number of carbonyl (C=O) groups is 2. The zero-order valence-electron chi connectivity index (χ0n) is 13.2. The Balaban J connectivity index is 1.54. The number of nitrogens with zero attached hydrogens (tertiary/aromatic N) is 1. The summed E-state index contributed by atoms with van der Waals surface area (Å²) in [6.45, 7) is 1.10. The van der Waals surface area contributed by atoms with Crippen molar-refractivity contribution in [2.75, 3.05) is 13.1 Å². The number of piperidine rings is 1. The Kier molecular flexibility index (Phi) is 4.89. The van der Waals surface area contributed by atoms with Crippen molar-refractivity contribution in [1.29, 1.82) is 0 Å². The maximum absolute atomic E-state index is 13.2. The number of nitrogens with one attached hydrogen (secondary N) is 1. The van der Waals surface area contributed by atoms with Crippen molar-refractivity contribution in [2.24, 2.45) is 0 Å². The minimum absolute atomic E-state index is 0.0502. The second kappa shape index (κ2) is 7.25. The molecule has 0 aliphatic carbocycles. The topological polar surface area (TPSA) is 49.4 Å². The molecule has 2 aromatic carbocycles. The van der Waals surface area contributed by atoms with E-state index in [-0.39, 0.29) is 17.9 Å². The zero-order chi connectivity index (χ0) is 16.9. The van der Waals surface area contributed by atoms with Gasteiger partial charge in [0.2, 0.25) is 0 Å². The van der Waals surface area contributed by atoms with E-state index in [2.05, 4.69) is 5.32 Å². The summed E-state index contributed by atoms with van der Waals surface area (Å²) in [4.78, 5) is 26.2. The molecule has 0 bridgehead atoms. The second-order valence-corrected chi connectivity index (χ2v) is 5.92. The fourth-order valence-electron chi connectivity index (χ4n) is 2.89. The quantitative estimate of drug-likeness (QED) is 0.943. The summed E-state index contributed by atoms with van der Waals surface area (Å²) in [7, 11) is 0. The maximum atomic E-state index is 13.2. The van der Waals surface area contributed by atoms with Crippen molar-refractivity contribution in [3.63, 3.8) is 0 Å². The van der Waals surface area contributed by atoms with E-state index in [4.69, 9.17) is 0 Å². The minimum atomic E-state index is -0.411. The highest BCUT2D eigenvalue weighted by molar-refractivity contribution is 5.95. The van der Waals surface area contributed by atoms with Crippen LogP contribution < -0.4 is 5.32 Å². The highest BCUT2D eigenvalue weighted by Gasteiger charge is 2.25. The largest absolute Gasteiger partial charge is 0.349 e. The fourth-order valence-corrected chi connectivity index (χ4v) is 2.89. The lowest BCUT2D eigenvalue weighted by Gasteiger charge is -2.32. The number of hydrogen-bond acceptors (Lipinski definition) is 2. The summed E-state index contributed by atoms with van der Waals surface area (Å²) >= 11 is 0. The molecule has 0 atom stereocenters. The van der Waals surface area contributed by atoms with Gasteiger partial charge in [0.25, 0.3) is 11.8 Å². The van der Waals surface area contributed by atoms with Gasteiger partial charge in [0.15, 0.2) is 0 Å². The Labute approximate surface area is 140 Å². The second-order valence-electron chi connectivity index (χ2n) is 5.92. The van der Waals surface area contributed by atoms with Crippen LogP contribution in [0, 0.1) is 5.82 Å². The summed E-state index contributed by atoms with van der Waals surface area (Å²) in [5.41, 5.74) is 0.998. The Morgan fingerprint density at radius 3 is 2.29 bits per heavy atom. The van der Waals surface area contributed by atoms with Crippen LogP contribution in [0.4, 0.5) is 4.39 Å². The molecule has 0 radical (unpaired) electrons. The van der Waals surface area contributed by atoms with E-state index >= 15 is 0 Å². The van der Waals surface area contributed by atoms with E-state index in [1.165, 1.54) is 18.2 Å². The zero-order valence-corrected chi connectivity index (χ0v) is 13.2. The molecule has 2 aromatic rings. The van der Waals surface area contributed by atoms with E-state index in [0.717, 1.165) is 0 Å². The van der Waals surface area contributed by atoms with Crippen LogP contribution in [0.25, 0.3) is 0 Å². The van der Waals surface area contributed by atoms with E-state index in [0.29, 0.717) is 37.1 Å². The molecule has 1 heterocycles. The Bertz CT molecular complexity index is 725. The normalized spacial score (nSPS) is 15.1. The molecule has 1 aliphatic heterocycles. The van der Waals surface area contributed by atoms with E-state index in [1.807, 2.05) is 18.2 Å². The third-order valence-electron chi connectivity index (χ3n) is 4.22. The molecule has 0 unspecified atom stereocenters. The Hall–Kier alpha value is -2.69. The molecular formula is C19H19FN2O2. The van der Waals surface area contributed by atoms with Crippen LogP contribution in [0.5, 0.6) is 0 Å². The molecule has 0 saturated carbocycles. The number of rotatable bonds is 3. The van der Waals surface area contributed by atoms with Gasteiger partial charge < -0.3 is 10.2 Å². The summed E-state index contributed by atoms with van der Waals surface area (Å²) < 4.78 is 13.2. The molecular weight excluding hydrogens is 307 g/mol. The van der Waals surface area contributed by atoms with Crippen LogP contribution in [-0.4, -0.2) is 35.8 Å². The van der Waals surface area contributed by atoms with Crippen LogP contribution in [0.15, 0.2) is 54.6 Å². The fraction of sp³-hybridized carbons (Fsp3) is 0.263. The number of benzene rings is 2. The lowest BCUT2D eigenvalue weighted by Crippen LogP contribution is -2.46. The van der Waals surface area contributed by atoms with Crippen molar-refractivity contribution in [3.8, 4) is 0 Å². The van der Waals surface area contributed by atoms with E-state index in [9.17, 15) is 14.0 Å². The lowest BCUT2D eigenvalue weighted by molar-refractivity contribution is 0.0697. The first-order valence-electron chi connectivity index (χ1n) is 8.04. The van der Waals surface area contributed by atoms with Crippen molar-refractivity contribution in [3.05, 3.63) is 71.5 Å². The first-order chi connectivity index (χ1) is 11.6. The van der Waals surface area contributed by atoms with Gasteiger partial charge in [-0.05, 0) is 43.2 Å². The molecule has 1 N–H and O–H groups in total. The summed E-state index contributed by atoms with van der Waals surface area (Å²) in [5, 5.41) is 3.01. The third kappa shape index (κ3) is 3.79. The summed E-state index contributed by atoms with van der Waals surface area (Å²) in [5.74, 6) is -0.668. The monoisotopic (exact) mass is 326 g/mol. The van der Waals surface area contributed by atoms with Gasteiger partial charge in [0.05, 0.1) is 0 Å². The van der Waals surface area contributed by atoms with Gasteiger partial charge in [-0.3, -0.25) is 9.59 Å². The van der Waals surface area contributed by atoms with Crippen LogP contribution in [0.2, 0.25) is 0 Å². The highest BCUT2D eigenvalue weighted by atomic mass is 19.1. The molecule has 3 rings (SSSR count). The molecule has 2 amide bonds. The van der Waals surface area contributed by atoms with Gasteiger partial charge in [-0.2, -0.15) is 0 Å². The average Bonchev–Trinajstić information content (AvgIpc) is 2.62. The highest BCUT2D eigenvalue weighted by Crippen LogP contribution is 2.15. The maximum Gasteiger partial charge on any atom is 0.253 e. The number of hydrogen-bond donors (Lipinski definition) is 1. The summed E-state index contributed by atoms with van der Waals surface area (Å²) in [6, 6.07) is 14.9. The Morgan fingerprint density at radius 2 is 1.62 bits per heavy atom. The van der Waals surface area contributed by atoms with Gasteiger partial charge >= 0.3 is 0 Å². The molecule has 124 valence electrons. The molecule has 4 nitrogen and oxygen atoms in total. The van der Waals surface area contributed by atoms with Gasteiger partial charge in [-0.25, -0.2) is 4.39 Å². The molecule has 1 fully saturated rings. The number of likely N-dealkylation sites (tertiary alicyclic amines) is 1. The molecule has 0 aromatic heterocycles. The number of halogens is 1. The van der Waals surface area contributed by atoms with E-state index in [1.54, 1.807) is 23.1 Å². The van der Waals surface area contributed by atoms with Crippen molar-refractivity contribution in [1.82, 2.24) is 10.2 Å². The first-order valence-corrected chi connectivity index (χ1v) is 8.04. The summed E-state index contributed by atoms with van der Waals surface area (Å²) in [6.07, 6.45) is 1.39. The third-order valence-corrected chi connectivity index (χ3v) is 4.22. The smallest absolute Gasteiger partial charge is 0.253 e. The molecule has 1 saturated heterocycles. The van der Waals surface area contributed by atoms with Crippen LogP contribution in [-0.2, 0) is 0 Å². The van der Waals surface area contributed by atoms with E-state index < -0.39 is 5.82 Å². The predicted molar refractivity (Wildman–Crippen MR) is 89.2 cm³/mol. The standard InChI is InChI=1S/C19H19FN2O2/c20-16-8-4-7-15(13-16)19(24)22-11-9-17(10-12-22)21-18(23)14-5-2-1-3-6-14/h1-8,13,17H,9-12H2,(H,21,23). The van der Waals surface area contributed by atoms with Gasteiger partial charge in [0.1, 0.15) is 5.82 Å². The Morgan fingerprint density at radius 1 is 0.958 bits per heavy atom. The van der Waals surface area contributed by atoms with Crippen molar-refractivity contribution in [2.45, 2.75) is 18.9 Å². The molecule has 24 heavy (non-hydrogen) atoms. The minimum Gasteiger partial charge on any atom is -0.349 e. The van der Waals surface area contributed by atoms with Crippen molar-refractivity contribution >= 4 is 11.8 Å². The number of carbonyl (C=O) groups excluding carboxylic acids is 2. The van der Waals surface area contributed by atoms with Gasteiger partial charge in [0, 0.05) is 30.3 Å². The first kappa shape index (κ1) is 16.2. The van der Waals surface area contributed by atoms with Crippen LogP contribution in [0.3, 0.4) is 0 Å².